The highest BCUT2D eigenvalue weighted by atomic mass is 32.1. The third kappa shape index (κ3) is 3.59. The van der Waals surface area contributed by atoms with E-state index in [1.165, 1.54) is 16.9 Å². The molecular weight excluding hydrogens is 292 g/mol. The summed E-state index contributed by atoms with van der Waals surface area (Å²) in [5, 5.41) is 5.71. The number of carbonyl (C=O) groups is 1. The Labute approximate surface area is 133 Å². The largest absolute Gasteiger partial charge is 0.326 e. The van der Waals surface area contributed by atoms with Crippen LogP contribution in [0.4, 0.5) is 5.69 Å². The van der Waals surface area contributed by atoms with Crippen molar-refractivity contribution in [1.29, 1.82) is 0 Å². The molecule has 4 heteroatoms. The monoisotopic (exact) mass is 308 g/mol. The van der Waals surface area contributed by atoms with E-state index >= 15 is 0 Å². The zero-order valence-electron chi connectivity index (χ0n) is 12.2. The van der Waals surface area contributed by atoms with Crippen molar-refractivity contribution in [2.75, 3.05) is 5.32 Å². The summed E-state index contributed by atoms with van der Waals surface area (Å²) in [5.41, 5.74) is 3.98. The molecule has 0 saturated carbocycles. The molecule has 1 N–H and O–H groups in total. The summed E-state index contributed by atoms with van der Waals surface area (Å²) < 4.78 is 0. The van der Waals surface area contributed by atoms with Gasteiger partial charge in [-0.1, -0.05) is 48.0 Å². The standard InChI is InChI=1S/C18H16N2OS/c1-13-7-9-15(10-8-13)19-17(21)11-18-20-16(12-22-18)14-5-3-2-4-6-14/h2-10,12H,11H2,1H3,(H,19,21). The maximum atomic E-state index is 12.1. The van der Waals surface area contributed by atoms with Gasteiger partial charge in [-0.3, -0.25) is 4.79 Å². The van der Waals surface area contributed by atoms with Crippen molar-refractivity contribution in [3.05, 3.63) is 70.5 Å². The Bertz CT molecular complexity index is 763. The van der Waals surface area contributed by atoms with Gasteiger partial charge in [-0.15, -0.1) is 11.3 Å². The maximum absolute atomic E-state index is 12.1. The molecule has 3 aromatic rings. The number of benzene rings is 2. The van der Waals surface area contributed by atoms with Crippen LogP contribution < -0.4 is 5.32 Å². The second-order valence-corrected chi connectivity index (χ2v) is 6.03. The first kappa shape index (κ1) is 14.5. The topological polar surface area (TPSA) is 42.0 Å². The van der Waals surface area contributed by atoms with Crippen molar-refractivity contribution in [3.8, 4) is 11.3 Å². The molecule has 0 bridgehead atoms. The molecule has 2 aromatic carbocycles. The lowest BCUT2D eigenvalue weighted by molar-refractivity contribution is -0.115. The van der Waals surface area contributed by atoms with Gasteiger partial charge in [0.2, 0.25) is 5.91 Å². The SMILES string of the molecule is Cc1ccc(NC(=O)Cc2nc(-c3ccccc3)cs2)cc1. The summed E-state index contributed by atoms with van der Waals surface area (Å²) >= 11 is 1.51. The van der Waals surface area contributed by atoms with Crippen LogP contribution in [-0.4, -0.2) is 10.9 Å². The molecule has 0 aliphatic rings. The lowest BCUT2D eigenvalue weighted by Crippen LogP contribution is -2.14. The van der Waals surface area contributed by atoms with Gasteiger partial charge in [0.1, 0.15) is 5.01 Å². The van der Waals surface area contributed by atoms with Gasteiger partial charge in [0.05, 0.1) is 12.1 Å². The van der Waals surface area contributed by atoms with E-state index in [1.54, 1.807) is 0 Å². The number of aryl methyl sites for hydroxylation is 1. The van der Waals surface area contributed by atoms with E-state index in [1.807, 2.05) is 66.9 Å². The van der Waals surface area contributed by atoms with Crippen LogP contribution in [0.15, 0.2) is 60.0 Å². The fourth-order valence-corrected chi connectivity index (χ4v) is 2.91. The van der Waals surface area contributed by atoms with E-state index in [0.717, 1.165) is 22.0 Å². The number of hydrogen-bond acceptors (Lipinski definition) is 3. The molecular formula is C18H16N2OS. The summed E-state index contributed by atoms with van der Waals surface area (Å²) in [6.07, 6.45) is 0.297. The average Bonchev–Trinajstić information content (AvgIpc) is 2.99. The highest BCUT2D eigenvalue weighted by Gasteiger charge is 2.09. The molecule has 0 radical (unpaired) electrons. The van der Waals surface area contributed by atoms with Crippen LogP contribution >= 0.6 is 11.3 Å². The van der Waals surface area contributed by atoms with Crippen LogP contribution in [0.3, 0.4) is 0 Å². The zero-order chi connectivity index (χ0) is 15.4. The second kappa shape index (κ2) is 6.54. The minimum absolute atomic E-state index is 0.0437. The highest BCUT2D eigenvalue weighted by molar-refractivity contribution is 7.10. The Balaban J connectivity index is 1.65. The van der Waals surface area contributed by atoms with Crippen LogP contribution in [0.1, 0.15) is 10.6 Å². The maximum Gasteiger partial charge on any atom is 0.231 e. The Morgan fingerprint density at radius 3 is 2.55 bits per heavy atom. The number of carbonyl (C=O) groups excluding carboxylic acids is 1. The number of nitrogens with one attached hydrogen (secondary N) is 1. The Kier molecular flexibility index (Phi) is 4.30. The van der Waals surface area contributed by atoms with Gasteiger partial charge in [-0.25, -0.2) is 4.98 Å². The quantitative estimate of drug-likeness (QED) is 0.781. The first-order valence-electron chi connectivity index (χ1n) is 7.07. The van der Waals surface area contributed by atoms with Crippen molar-refractivity contribution in [2.45, 2.75) is 13.3 Å². The summed E-state index contributed by atoms with van der Waals surface area (Å²) in [6.45, 7) is 2.02. The van der Waals surface area contributed by atoms with Gasteiger partial charge in [-0.05, 0) is 19.1 Å². The summed E-state index contributed by atoms with van der Waals surface area (Å²) in [6, 6.07) is 17.8. The molecule has 0 spiro atoms. The second-order valence-electron chi connectivity index (χ2n) is 5.08. The van der Waals surface area contributed by atoms with Crippen LogP contribution in [0.5, 0.6) is 0 Å². The van der Waals surface area contributed by atoms with E-state index in [4.69, 9.17) is 0 Å². The lowest BCUT2D eigenvalue weighted by Gasteiger charge is -2.04. The van der Waals surface area contributed by atoms with Gasteiger partial charge < -0.3 is 5.32 Å². The fourth-order valence-electron chi connectivity index (χ4n) is 2.11. The highest BCUT2D eigenvalue weighted by Crippen LogP contribution is 2.22. The number of nitrogens with zero attached hydrogens (tertiary/aromatic N) is 1. The van der Waals surface area contributed by atoms with Crippen LogP contribution in [0.25, 0.3) is 11.3 Å². The predicted octanol–water partition coefficient (Wildman–Crippen LogP) is 4.30. The van der Waals surface area contributed by atoms with E-state index in [2.05, 4.69) is 10.3 Å². The fraction of sp³-hybridized carbons (Fsp3) is 0.111. The van der Waals surface area contributed by atoms with Crippen LogP contribution in [0.2, 0.25) is 0 Å². The molecule has 3 rings (SSSR count). The normalized spacial score (nSPS) is 10.4. The molecule has 0 fully saturated rings. The van der Waals surface area contributed by atoms with Crippen molar-refractivity contribution in [1.82, 2.24) is 4.98 Å². The van der Waals surface area contributed by atoms with Gasteiger partial charge in [0.15, 0.2) is 0 Å². The van der Waals surface area contributed by atoms with E-state index in [0.29, 0.717) is 6.42 Å². The molecule has 1 aromatic heterocycles. The minimum atomic E-state index is -0.0437. The molecule has 22 heavy (non-hydrogen) atoms. The average molecular weight is 308 g/mol. The minimum Gasteiger partial charge on any atom is -0.326 e. The molecule has 1 amide bonds. The van der Waals surface area contributed by atoms with Crippen molar-refractivity contribution in [2.24, 2.45) is 0 Å². The molecule has 0 saturated heterocycles. The molecule has 1 heterocycles. The van der Waals surface area contributed by atoms with E-state index in [-0.39, 0.29) is 5.91 Å². The number of aromatic nitrogens is 1. The van der Waals surface area contributed by atoms with Crippen LogP contribution in [0, 0.1) is 6.92 Å². The third-order valence-electron chi connectivity index (χ3n) is 3.27. The first-order valence-corrected chi connectivity index (χ1v) is 7.95. The van der Waals surface area contributed by atoms with Crippen molar-refractivity contribution in [3.63, 3.8) is 0 Å². The molecule has 0 unspecified atom stereocenters. The van der Waals surface area contributed by atoms with Gasteiger partial charge in [0.25, 0.3) is 0 Å². The number of anilines is 1. The Morgan fingerprint density at radius 1 is 1.09 bits per heavy atom. The summed E-state index contributed by atoms with van der Waals surface area (Å²) in [4.78, 5) is 16.6. The molecule has 110 valence electrons. The van der Waals surface area contributed by atoms with Crippen molar-refractivity contribution >= 4 is 22.9 Å². The van der Waals surface area contributed by atoms with E-state index in [9.17, 15) is 4.79 Å². The lowest BCUT2D eigenvalue weighted by atomic mass is 10.2. The molecule has 0 aliphatic heterocycles. The zero-order valence-corrected chi connectivity index (χ0v) is 13.1. The Hall–Kier alpha value is -2.46. The molecule has 0 aliphatic carbocycles. The third-order valence-corrected chi connectivity index (χ3v) is 4.12. The summed E-state index contributed by atoms with van der Waals surface area (Å²) in [5.74, 6) is -0.0437. The smallest absolute Gasteiger partial charge is 0.231 e. The number of rotatable bonds is 4. The molecule has 0 atom stereocenters. The predicted molar refractivity (Wildman–Crippen MR) is 91.1 cm³/mol. The van der Waals surface area contributed by atoms with Gasteiger partial charge in [0, 0.05) is 16.6 Å². The van der Waals surface area contributed by atoms with Gasteiger partial charge in [-0.2, -0.15) is 0 Å². The number of hydrogen-bond donors (Lipinski definition) is 1. The first-order chi connectivity index (χ1) is 10.7. The Morgan fingerprint density at radius 2 is 1.82 bits per heavy atom. The summed E-state index contributed by atoms with van der Waals surface area (Å²) in [7, 11) is 0. The van der Waals surface area contributed by atoms with Gasteiger partial charge >= 0.3 is 0 Å². The number of amides is 1. The van der Waals surface area contributed by atoms with Crippen LogP contribution in [-0.2, 0) is 11.2 Å². The van der Waals surface area contributed by atoms with Crippen molar-refractivity contribution < 1.29 is 4.79 Å². The molecule has 3 nitrogen and oxygen atoms in total. The van der Waals surface area contributed by atoms with E-state index < -0.39 is 0 Å². The number of thiazole rings is 1.